The smallest absolute Gasteiger partial charge is 0.0547 e. The summed E-state index contributed by atoms with van der Waals surface area (Å²) < 4.78 is 4.89. The number of benzene rings is 5. The van der Waals surface area contributed by atoms with Gasteiger partial charge < -0.3 is 4.57 Å². The number of rotatable bonds is 2. The van der Waals surface area contributed by atoms with Crippen molar-refractivity contribution in [2.45, 2.75) is 0 Å². The first-order valence-electron chi connectivity index (χ1n) is 11.0. The van der Waals surface area contributed by atoms with Crippen LogP contribution in [0.5, 0.6) is 0 Å². The Balaban J connectivity index is 1.57. The number of para-hydroxylation sites is 2. The van der Waals surface area contributed by atoms with E-state index in [0.29, 0.717) is 0 Å². The molecule has 2 heterocycles. The maximum atomic E-state index is 6.29. The number of fused-ring (bicyclic) bond motifs is 6. The van der Waals surface area contributed by atoms with Gasteiger partial charge in [-0.3, -0.25) is 0 Å². The summed E-state index contributed by atoms with van der Waals surface area (Å²) in [6.07, 6.45) is 0. The minimum atomic E-state index is 0.782. The van der Waals surface area contributed by atoms with Crippen LogP contribution < -0.4 is 0 Å². The van der Waals surface area contributed by atoms with Gasteiger partial charge in [0, 0.05) is 41.7 Å². The van der Waals surface area contributed by atoms with E-state index in [1.165, 1.54) is 58.8 Å². The zero-order chi connectivity index (χ0) is 21.9. The fourth-order valence-electron chi connectivity index (χ4n) is 5.03. The molecular weight excluding hydrogens is 442 g/mol. The monoisotopic (exact) mass is 459 g/mol. The average Bonchev–Trinajstić information content (AvgIpc) is 3.39. The molecule has 0 amide bonds. The van der Waals surface area contributed by atoms with E-state index in [1.807, 2.05) is 6.07 Å². The van der Waals surface area contributed by atoms with Crippen LogP contribution in [-0.2, 0) is 0 Å². The van der Waals surface area contributed by atoms with Crippen LogP contribution in [0.15, 0.2) is 109 Å². The zero-order valence-electron chi connectivity index (χ0n) is 17.6. The Hall–Kier alpha value is -3.59. The molecule has 0 spiro atoms. The maximum Gasteiger partial charge on any atom is 0.0547 e. The highest BCUT2D eigenvalue weighted by Crippen LogP contribution is 2.42. The lowest BCUT2D eigenvalue weighted by molar-refractivity contribution is 1.18. The molecule has 1 nitrogen and oxygen atoms in total. The van der Waals surface area contributed by atoms with Gasteiger partial charge in [-0.15, -0.1) is 11.3 Å². The molecule has 0 saturated heterocycles. The number of hydrogen-bond donors (Lipinski definition) is 0. The second kappa shape index (κ2) is 7.21. The van der Waals surface area contributed by atoms with E-state index in [-0.39, 0.29) is 0 Å². The molecule has 33 heavy (non-hydrogen) atoms. The number of thiophene rings is 1. The van der Waals surface area contributed by atoms with E-state index in [4.69, 9.17) is 11.6 Å². The minimum Gasteiger partial charge on any atom is -0.309 e. The van der Waals surface area contributed by atoms with Gasteiger partial charge in [-0.25, -0.2) is 0 Å². The van der Waals surface area contributed by atoms with E-state index < -0.39 is 0 Å². The van der Waals surface area contributed by atoms with Crippen molar-refractivity contribution in [2.75, 3.05) is 0 Å². The van der Waals surface area contributed by atoms with Crippen molar-refractivity contribution in [3.05, 3.63) is 114 Å². The molecule has 0 atom stereocenters. The quantitative estimate of drug-likeness (QED) is 0.242. The Bertz CT molecular complexity index is 1830. The van der Waals surface area contributed by atoms with E-state index in [2.05, 4.69) is 108 Å². The summed E-state index contributed by atoms with van der Waals surface area (Å²) in [4.78, 5) is 0. The van der Waals surface area contributed by atoms with Crippen LogP contribution in [0.25, 0.3) is 58.8 Å². The van der Waals surface area contributed by atoms with Crippen LogP contribution in [0.3, 0.4) is 0 Å². The first-order chi connectivity index (χ1) is 16.3. The standard InChI is InChI=1S/C30H18ClNS/c31-20-14-16-25-29(18-20)33-28-12-6-10-22(30(25)28)19-13-15-24-23-9-4-5-11-26(23)32(27(24)17-19)21-7-2-1-3-8-21/h1-18H. The van der Waals surface area contributed by atoms with Gasteiger partial charge in [0.25, 0.3) is 0 Å². The van der Waals surface area contributed by atoms with Crippen LogP contribution >= 0.6 is 22.9 Å². The molecule has 7 rings (SSSR count). The first-order valence-corrected chi connectivity index (χ1v) is 12.2. The normalized spacial score (nSPS) is 11.8. The van der Waals surface area contributed by atoms with Crippen molar-refractivity contribution in [3.63, 3.8) is 0 Å². The molecular formula is C30H18ClNS. The summed E-state index contributed by atoms with van der Waals surface area (Å²) in [5, 5.41) is 5.89. The summed E-state index contributed by atoms with van der Waals surface area (Å²) in [5.74, 6) is 0. The average molecular weight is 460 g/mol. The Labute approximate surface area is 200 Å². The summed E-state index contributed by atoms with van der Waals surface area (Å²) in [5.41, 5.74) is 6.11. The minimum absolute atomic E-state index is 0.782. The maximum absolute atomic E-state index is 6.29. The highest BCUT2D eigenvalue weighted by Gasteiger charge is 2.15. The van der Waals surface area contributed by atoms with Crippen LogP contribution in [0.4, 0.5) is 0 Å². The van der Waals surface area contributed by atoms with E-state index in [9.17, 15) is 0 Å². The molecule has 156 valence electrons. The Morgan fingerprint density at radius 3 is 2.27 bits per heavy atom. The van der Waals surface area contributed by atoms with Crippen LogP contribution in [0.1, 0.15) is 0 Å². The molecule has 7 aromatic rings. The Morgan fingerprint density at radius 1 is 0.576 bits per heavy atom. The third-order valence-electron chi connectivity index (χ3n) is 6.46. The fraction of sp³-hybridized carbons (Fsp3) is 0. The van der Waals surface area contributed by atoms with Crippen molar-refractivity contribution in [1.29, 1.82) is 0 Å². The van der Waals surface area contributed by atoms with E-state index in [0.717, 1.165) is 5.02 Å². The topological polar surface area (TPSA) is 4.93 Å². The molecule has 0 fully saturated rings. The second-order valence-electron chi connectivity index (χ2n) is 8.34. The molecule has 2 aromatic heterocycles. The van der Waals surface area contributed by atoms with Crippen molar-refractivity contribution >= 4 is 64.9 Å². The zero-order valence-corrected chi connectivity index (χ0v) is 19.2. The lowest BCUT2D eigenvalue weighted by Crippen LogP contribution is -1.93. The third-order valence-corrected chi connectivity index (χ3v) is 7.81. The Kier molecular flexibility index (Phi) is 4.14. The van der Waals surface area contributed by atoms with Gasteiger partial charge in [-0.1, -0.05) is 78.3 Å². The highest BCUT2D eigenvalue weighted by atomic mass is 35.5. The molecule has 0 aliphatic carbocycles. The van der Waals surface area contributed by atoms with Gasteiger partial charge in [0.2, 0.25) is 0 Å². The van der Waals surface area contributed by atoms with Gasteiger partial charge in [0.05, 0.1) is 11.0 Å². The molecule has 5 aromatic carbocycles. The first kappa shape index (κ1) is 18.9. The molecule has 0 aliphatic rings. The molecule has 0 aliphatic heterocycles. The van der Waals surface area contributed by atoms with Gasteiger partial charge in [-0.05, 0) is 53.6 Å². The second-order valence-corrected chi connectivity index (χ2v) is 9.86. The molecule has 0 bridgehead atoms. The molecule has 0 unspecified atom stereocenters. The molecule has 0 saturated carbocycles. The van der Waals surface area contributed by atoms with Crippen molar-refractivity contribution in [3.8, 4) is 16.8 Å². The van der Waals surface area contributed by atoms with Crippen LogP contribution in [0.2, 0.25) is 5.02 Å². The van der Waals surface area contributed by atoms with Crippen molar-refractivity contribution < 1.29 is 0 Å². The van der Waals surface area contributed by atoms with Crippen LogP contribution in [0, 0.1) is 0 Å². The van der Waals surface area contributed by atoms with Gasteiger partial charge in [-0.2, -0.15) is 0 Å². The van der Waals surface area contributed by atoms with Crippen molar-refractivity contribution in [2.24, 2.45) is 0 Å². The van der Waals surface area contributed by atoms with Crippen LogP contribution in [-0.4, -0.2) is 4.57 Å². The van der Waals surface area contributed by atoms with Crippen molar-refractivity contribution in [1.82, 2.24) is 4.57 Å². The number of hydrogen-bond acceptors (Lipinski definition) is 1. The van der Waals surface area contributed by atoms with Gasteiger partial charge >= 0.3 is 0 Å². The Morgan fingerprint density at radius 2 is 1.36 bits per heavy atom. The molecule has 0 radical (unpaired) electrons. The number of nitrogens with zero attached hydrogens (tertiary/aromatic N) is 1. The van der Waals surface area contributed by atoms with E-state index >= 15 is 0 Å². The summed E-state index contributed by atoms with van der Waals surface area (Å²) >= 11 is 8.09. The predicted molar refractivity (Wildman–Crippen MR) is 144 cm³/mol. The number of aromatic nitrogens is 1. The summed E-state index contributed by atoms with van der Waals surface area (Å²) in [6.45, 7) is 0. The van der Waals surface area contributed by atoms with E-state index in [1.54, 1.807) is 11.3 Å². The fourth-order valence-corrected chi connectivity index (χ4v) is 6.44. The lowest BCUT2D eigenvalue weighted by Gasteiger charge is -2.10. The van der Waals surface area contributed by atoms with Gasteiger partial charge in [0.15, 0.2) is 0 Å². The highest BCUT2D eigenvalue weighted by molar-refractivity contribution is 7.26. The number of halogens is 1. The van der Waals surface area contributed by atoms with Gasteiger partial charge in [0.1, 0.15) is 0 Å². The SMILES string of the molecule is Clc1ccc2c(c1)sc1cccc(-c3ccc4c5ccccc5n(-c5ccccc5)c4c3)c12. The lowest BCUT2D eigenvalue weighted by atomic mass is 9.98. The predicted octanol–water partition coefficient (Wildman–Crippen LogP) is 9.47. The third kappa shape index (κ3) is 2.85. The summed E-state index contributed by atoms with van der Waals surface area (Å²) in [6, 6.07) is 39.0. The molecule has 0 N–H and O–H groups in total. The largest absolute Gasteiger partial charge is 0.309 e. The molecule has 3 heteroatoms. The summed E-state index contributed by atoms with van der Waals surface area (Å²) in [7, 11) is 0.